The molecule has 4 heteroatoms. The fraction of sp³-hybridized carbons (Fsp3) is 0.350. The van der Waals surface area contributed by atoms with Crippen molar-refractivity contribution >= 4 is 5.91 Å². The lowest BCUT2D eigenvalue weighted by Crippen LogP contribution is -2.37. The molecule has 0 radical (unpaired) electrons. The number of carbonyl (C=O) groups is 1. The Balaban J connectivity index is 1.95. The summed E-state index contributed by atoms with van der Waals surface area (Å²) in [4.78, 5) is 12.4. The van der Waals surface area contributed by atoms with Crippen molar-refractivity contribution in [3.05, 3.63) is 59.2 Å². The SMILES string of the molecule is CC[C@H](Oc1ccc(C)cc1C)C(=O)NCc1ccc(OC)cc1. The molecule has 0 unspecified atom stereocenters. The summed E-state index contributed by atoms with van der Waals surface area (Å²) in [6, 6.07) is 13.6. The van der Waals surface area contributed by atoms with Crippen LogP contribution in [0, 0.1) is 13.8 Å². The number of amides is 1. The van der Waals surface area contributed by atoms with Crippen LogP contribution in [0.25, 0.3) is 0 Å². The van der Waals surface area contributed by atoms with Crippen LogP contribution in [0.15, 0.2) is 42.5 Å². The zero-order valence-corrected chi connectivity index (χ0v) is 14.8. The Morgan fingerprint density at radius 1 is 1.12 bits per heavy atom. The second kappa shape index (κ2) is 8.39. The molecule has 4 nitrogen and oxygen atoms in total. The molecule has 0 saturated heterocycles. The minimum atomic E-state index is -0.496. The van der Waals surface area contributed by atoms with Gasteiger partial charge in [-0.3, -0.25) is 4.79 Å². The normalized spacial score (nSPS) is 11.7. The van der Waals surface area contributed by atoms with Crippen molar-refractivity contribution in [1.82, 2.24) is 5.32 Å². The number of aryl methyl sites for hydroxylation is 2. The molecule has 0 spiro atoms. The van der Waals surface area contributed by atoms with Crippen LogP contribution in [0.2, 0.25) is 0 Å². The summed E-state index contributed by atoms with van der Waals surface area (Å²) in [6.45, 7) is 6.44. The van der Waals surface area contributed by atoms with E-state index < -0.39 is 6.10 Å². The molecule has 1 N–H and O–H groups in total. The lowest BCUT2D eigenvalue weighted by Gasteiger charge is -2.19. The fourth-order valence-corrected chi connectivity index (χ4v) is 2.45. The van der Waals surface area contributed by atoms with E-state index in [1.165, 1.54) is 5.56 Å². The second-order valence-corrected chi connectivity index (χ2v) is 5.85. The smallest absolute Gasteiger partial charge is 0.261 e. The number of hydrogen-bond donors (Lipinski definition) is 1. The van der Waals surface area contributed by atoms with Gasteiger partial charge in [-0.1, -0.05) is 36.8 Å². The quantitative estimate of drug-likeness (QED) is 0.842. The maximum absolute atomic E-state index is 12.4. The van der Waals surface area contributed by atoms with E-state index in [1.54, 1.807) is 7.11 Å². The first-order valence-corrected chi connectivity index (χ1v) is 8.18. The molecule has 0 fully saturated rings. The molecule has 0 bridgehead atoms. The Bertz CT molecular complexity index is 680. The van der Waals surface area contributed by atoms with E-state index in [1.807, 2.05) is 57.2 Å². The van der Waals surface area contributed by atoms with Gasteiger partial charge in [0.15, 0.2) is 6.10 Å². The highest BCUT2D eigenvalue weighted by Gasteiger charge is 2.18. The molecule has 2 rings (SSSR count). The molecule has 2 aromatic rings. The average Bonchev–Trinajstić information content (AvgIpc) is 2.59. The number of methoxy groups -OCH3 is 1. The van der Waals surface area contributed by atoms with Crippen LogP contribution in [0.3, 0.4) is 0 Å². The largest absolute Gasteiger partial charge is 0.497 e. The van der Waals surface area contributed by atoms with E-state index in [0.717, 1.165) is 22.6 Å². The number of ether oxygens (including phenoxy) is 2. The molecular formula is C20H25NO3. The summed E-state index contributed by atoms with van der Waals surface area (Å²) in [5, 5.41) is 2.93. The highest BCUT2D eigenvalue weighted by molar-refractivity contribution is 5.81. The van der Waals surface area contributed by atoms with Gasteiger partial charge in [0.2, 0.25) is 0 Å². The number of benzene rings is 2. The third-order valence-corrected chi connectivity index (χ3v) is 3.89. The van der Waals surface area contributed by atoms with E-state index in [9.17, 15) is 4.79 Å². The number of hydrogen-bond acceptors (Lipinski definition) is 3. The molecule has 0 aliphatic heterocycles. The molecular weight excluding hydrogens is 302 g/mol. The van der Waals surface area contributed by atoms with Crippen molar-refractivity contribution in [2.75, 3.05) is 7.11 Å². The predicted octanol–water partition coefficient (Wildman–Crippen LogP) is 3.79. The Morgan fingerprint density at radius 3 is 2.42 bits per heavy atom. The maximum atomic E-state index is 12.4. The van der Waals surface area contributed by atoms with E-state index >= 15 is 0 Å². The van der Waals surface area contributed by atoms with Gasteiger partial charge in [0.25, 0.3) is 5.91 Å². The molecule has 1 atom stereocenters. The predicted molar refractivity (Wildman–Crippen MR) is 95.5 cm³/mol. The Labute approximate surface area is 143 Å². The van der Waals surface area contributed by atoms with Gasteiger partial charge in [-0.25, -0.2) is 0 Å². The summed E-state index contributed by atoms with van der Waals surface area (Å²) in [5.41, 5.74) is 3.23. The minimum absolute atomic E-state index is 0.103. The first kappa shape index (κ1) is 17.9. The molecule has 0 heterocycles. The van der Waals surface area contributed by atoms with Gasteiger partial charge in [-0.05, 0) is 49.6 Å². The van der Waals surface area contributed by atoms with Crippen LogP contribution in [0.5, 0.6) is 11.5 Å². The maximum Gasteiger partial charge on any atom is 0.261 e. The molecule has 0 aromatic heterocycles. The fourth-order valence-electron chi connectivity index (χ4n) is 2.45. The van der Waals surface area contributed by atoms with Crippen molar-refractivity contribution in [2.24, 2.45) is 0 Å². The molecule has 24 heavy (non-hydrogen) atoms. The molecule has 0 aliphatic rings. The summed E-state index contributed by atoms with van der Waals surface area (Å²) in [5.74, 6) is 1.45. The molecule has 0 saturated carbocycles. The van der Waals surface area contributed by atoms with Crippen molar-refractivity contribution in [3.8, 4) is 11.5 Å². The number of nitrogens with one attached hydrogen (secondary N) is 1. The van der Waals surface area contributed by atoms with Crippen molar-refractivity contribution in [2.45, 2.75) is 39.8 Å². The molecule has 0 aliphatic carbocycles. The first-order chi connectivity index (χ1) is 11.5. The summed E-state index contributed by atoms with van der Waals surface area (Å²) in [6.07, 6.45) is 0.117. The first-order valence-electron chi connectivity index (χ1n) is 8.18. The molecule has 128 valence electrons. The zero-order valence-electron chi connectivity index (χ0n) is 14.8. The van der Waals surface area contributed by atoms with Crippen LogP contribution in [0.4, 0.5) is 0 Å². The van der Waals surface area contributed by atoms with E-state index in [4.69, 9.17) is 9.47 Å². The van der Waals surface area contributed by atoms with Gasteiger partial charge < -0.3 is 14.8 Å². The van der Waals surface area contributed by atoms with Gasteiger partial charge >= 0.3 is 0 Å². The lowest BCUT2D eigenvalue weighted by atomic mass is 10.1. The summed E-state index contributed by atoms with van der Waals surface area (Å²) in [7, 11) is 1.63. The number of carbonyl (C=O) groups excluding carboxylic acids is 1. The van der Waals surface area contributed by atoms with Crippen LogP contribution < -0.4 is 14.8 Å². The minimum Gasteiger partial charge on any atom is -0.497 e. The van der Waals surface area contributed by atoms with E-state index in [-0.39, 0.29) is 5.91 Å². The standard InChI is InChI=1S/C20H25NO3/c1-5-18(24-19-11-6-14(2)12-15(19)3)20(22)21-13-16-7-9-17(23-4)10-8-16/h6-12,18H,5,13H2,1-4H3,(H,21,22)/t18-/m0/s1. The average molecular weight is 327 g/mol. The van der Waals surface area contributed by atoms with Gasteiger partial charge in [0, 0.05) is 6.54 Å². The van der Waals surface area contributed by atoms with Crippen molar-refractivity contribution < 1.29 is 14.3 Å². The highest BCUT2D eigenvalue weighted by atomic mass is 16.5. The number of rotatable bonds is 7. The Kier molecular flexibility index (Phi) is 6.24. The third-order valence-electron chi connectivity index (χ3n) is 3.89. The van der Waals surface area contributed by atoms with Gasteiger partial charge in [0.1, 0.15) is 11.5 Å². The van der Waals surface area contributed by atoms with Gasteiger partial charge in [-0.2, -0.15) is 0 Å². The molecule has 1 amide bonds. The highest BCUT2D eigenvalue weighted by Crippen LogP contribution is 2.21. The Hall–Kier alpha value is -2.49. The topological polar surface area (TPSA) is 47.6 Å². The van der Waals surface area contributed by atoms with Gasteiger partial charge in [-0.15, -0.1) is 0 Å². The second-order valence-electron chi connectivity index (χ2n) is 5.85. The van der Waals surface area contributed by atoms with Crippen molar-refractivity contribution in [3.63, 3.8) is 0 Å². The Morgan fingerprint density at radius 2 is 1.83 bits per heavy atom. The van der Waals surface area contributed by atoms with Crippen molar-refractivity contribution in [1.29, 1.82) is 0 Å². The van der Waals surface area contributed by atoms with Crippen LogP contribution in [-0.4, -0.2) is 19.1 Å². The third kappa shape index (κ3) is 4.75. The molecule has 2 aromatic carbocycles. The van der Waals surface area contributed by atoms with Crippen LogP contribution >= 0.6 is 0 Å². The van der Waals surface area contributed by atoms with Crippen LogP contribution in [-0.2, 0) is 11.3 Å². The summed E-state index contributed by atoms with van der Waals surface area (Å²) >= 11 is 0. The van der Waals surface area contributed by atoms with E-state index in [2.05, 4.69) is 11.4 Å². The zero-order chi connectivity index (χ0) is 17.5. The van der Waals surface area contributed by atoms with E-state index in [0.29, 0.717) is 13.0 Å². The van der Waals surface area contributed by atoms with Gasteiger partial charge in [0.05, 0.1) is 7.11 Å². The monoisotopic (exact) mass is 327 g/mol. The summed E-state index contributed by atoms with van der Waals surface area (Å²) < 4.78 is 11.0. The van der Waals surface area contributed by atoms with Crippen LogP contribution in [0.1, 0.15) is 30.0 Å². The lowest BCUT2D eigenvalue weighted by molar-refractivity contribution is -0.128.